The van der Waals surface area contributed by atoms with Crippen LogP contribution in [0.15, 0.2) is 42.5 Å². The van der Waals surface area contributed by atoms with Gasteiger partial charge in [-0.3, -0.25) is 0 Å². The average molecular weight is 458 g/mol. The minimum Gasteiger partial charge on any atom is -0.309 e. The second-order valence-electron chi connectivity index (χ2n) is 14.3. The van der Waals surface area contributed by atoms with Crippen LogP contribution in [0.2, 0.25) is 0 Å². The molecule has 0 saturated heterocycles. The molecule has 2 aromatic rings. The lowest BCUT2D eigenvalue weighted by Gasteiger charge is -2.61. The quantitative estimate of drug-likeness (QED) is 0.475. The first-order valence-corrected chi connectivity index (χ1v) is 14.4. The maximum absolute atomic E-state index is 3.96. The van der Waals surface area contributed by atoms with E-state index in [1.807, 2.05) is 0 Å². The third-order valence-electron chi connectivity index (χ3n) is 11.5. The topological polar surface area (TPSA) is 12.0 Å². The molecule has 0 radical (unpaired) electrons. The van der Waals surface area contributed by atoms with E-state index < -0.39 is 0 Å². The van der Waals surface area contributed by atoms with Gasteiger partial charge in [0.2, 0.25) is 0 Å². The fourth-order valence-corrected chi connectivity index (χ4v) is 9.97. The maximum atomic E-state index is 3.96. The molecule has 6 rings (SSSR count). The highest BCUT2D eigenvalue weighted by atomic mass is 15.0. The number of nitrogens with one attached hydrogen (secondary N) is 1. The van der Waals surface area contributed by atoms with E-state index in [0.29, 0.717) is 10.8 Å². The predicted octanol–water partition coefficient (Wildman–Crippen LogP) is 8.72. The second-order valence-corrected chi connectivity index (χ2v) is 14.3. The molecule has 4 aliphatic carbocycles. The second kappa shape index (κ2) is 8.09. The number of benzene rings is 2. The Morgan fingerprint density at radius 3 is 2.29 bits per heavy atom. The van der Waals surface area contributed by atoms with Crippen LogP contribution in [-0.2, 0) is 0 Å². The summed E-state index contributed by atoms with van der Waals surface area (Å²) < 4.78 is 0. The fourth-order valence-electron chi connectivity index (χ4n) is 9.97. The van der Waals surface area contributed by atoms with Gasteiger partial charge in [-0.15, -0.1) is 0 Å². The molecule has 2 aromatic carbocycles. The van der Waals surface area contributed by atoms with Gasteiger partial charge in [-0.05, 0) is 135 Å². The lowest BCUT2D eigenvalue weighted by Crippen LogP contribution is -2.56. The molecule has 0 aromatic heterocycles. The van der Waals surface area contributed by atoms with Crippen molar-refractivity contribution in [1.29, 1.82) is 0 Å². The molecule has 34 heavy (non-hydrogen) atoms. The van der Waals surface area contributed by atoms with Crippen molar-refractivity contribution in [3.63, 3.8) is 0 Å². The van der Waals surface area contributed by atoms with E-state index in [-0.39, 0.29) is 5.54 Å². The summed E-state index contributed by atoms with van der Waals surface area (Å²) in [6, 6.07) is 17.0. The molecule has 4 fully saturated rings. The van der Waals surface area contributed by atoms with Crippen LogP contribution in [-0.4, -0.2) is 11.6 Å². The molecule has 0 bridgehead atoms. The van der Waals surface area contributed by atoms with E-state index in [9.17, 15) is 0 Å². The predicted molar refractivity (Wildman–Crippen MR) is 145 cm³/mol. The van der Waals surface area contributed by atoms with Gasteiger partial charge in [-0.1, -0.05) is 56.3 Å². The normalized spacial score (nSPS) is 42.1. The first kappa shape index (κ1) is 23.1. The van der Waals surface area contributed by atoms with Crippen LogP contribution in [0.25, 0.3) is 10.8 Å². The standard InChI is InChI=1S/C33H47N/c1-31(2,3)34-26-16-18-32(4)25(21-26)12-13-27-29-15-14-28(33(29,5)19-17-30(27)32)24-11-10-22-8-6-7-9-23(22)20-24/h6-11,20,25-30,34H,12-19,21H2,1-5H3/t25-,26-,27-,28+,29-,30-,32-,33+/m0/s1. The summed E-state index contributed by atoms with van der Waals surface area (Å²) in [6.07, 6.45) is 13.0. The van der Waals surface area contributed by atoms with Crippen molar-refractivity contribution in [1.82, 2.24) is 5.32 Å². The largest absolute Gasteiger partial charge is 0.309 e. The molecule has 4 saturated carbocycles. The van der Waals surface area contributed by atoms with E-state index >= 15 is 0 Å². The van der Waals surface area contributed by atoms with Crippen molar-refractivity contribution in [3.8, 4) is 0 Å². The van der Waals surface area contributed by atoms with Crippen LogP contribution in [0, 0.1) is 34.5 Å². The van der Waals surface area contributed by atoms with Crippen LogP contribution in [0.3, 0.4) is 0 Å². The van der Waals surface area contributed by atoms with Gasteiger partial charge in [0.25, 0.3) is 0 Å². The Hall–Kier alpha value is -1.34. The highest BCUT2D eigenvalue weighted by molar-refractivity contribution is 5.83. The molecular formula is C33H47N. The van der Waals surface area contributed by atoms with Crippen LogP contribution >= 0.6 is 0 Å². The molecule has 0 aliphatic heterocycles. The molecule has 4 aliphatic rings. The zero-order valence-electron chi connectivity index (χ0n) is 22.4. The average Bonchev–Trinajstić information content (AvgIpc) is 3.15. The molecule has 0 unspecified atom stereocenters. The number of fused-ring (bicyclic) bond motifs is 6. The van der Waals surface area contributed by atoms with Gasteiger partial charge < -0.3 is 5.32 Å². The molecule has 1 nitrogen and oxygen atoms in total. The van der Waals surface area contributed by atoms with Crippen molar-refractivity contribution < 1.29 is 0 Å². The van der Waals surface area contributed by atoms with E-state index in [2.05, 4.69) is 82.4 Å². The Morgan fingerprint density at radius 1 is 0.765 bits per heavy atom. The summed E-state index contributed by atoms with van der Waals surface area (Å²) in [7, 11) is 0. The molecule has 0 spiro atoms. The summed E-state index contributed by atoms with van der Waals surface area (Å²) in [5.74, 6) is 4.56. The van der Waals surface area contributed by atoms with Gasteiger partial charge >= 0.3 is 0 Å². The highest BCUT2D eigenvalue weighted by Crippen LogP contribution is 2.69. The van der Waals surface area contributed by atoms with Crippen molar-refractivity contribution in [2.75, 3.05) is 0 Å². The summed E-state index contributed by atoms with van der Waals surface area (Å²) in [5, 5.41) is 6.77. The summed E-state index contributed by atoms with van der Waals surface area (Å²) in [4.78, 5) is 0. The van der Waals surface area contributed by atoms with Gasteiger partial charge in [0.15, 0.2) is 0 Å². The summed E-state index contributed by atoms with van der Waals surface area (Å²) in [5.41, 5.74) is 2.94. The van der Waals surface area contributed by atoms with Gasteiger partial charge in [-0.2, -0.15) is 0 Å². The minimum absolute atomic E-state index is 0.240. The Morgan fingerprint density at radius 2 is 1.50 bits per heavy atom. The lowest BCUT2D eigenvalue weighted by molar-refractivity contribution is -0.110. The summed E-state index contributed by atoms with van der Waals surface area (Å²) >= 11 is 0. The third-order valence-corrected chi connectivity index (χ3v) is 11.5. The number of hydrogen-bond acceptors (Lipinski definition) is 1. The number of rotatable bonds is 2. The van der Waals surface area contributed by atoms with Crippen LogP contribution in [0.1, 0.15) is 104 Å². The lowest BCUT2D eigenvalue weighted by atomic mass is 9.44. The van der Waals surface area contributed by atoms with Crippen LogP contribution in [0.4, 0.5) is 0 Å². The van der Waals surface area contributed by atoms with Gasteiger partial charge in [0, 0.05) is 11.6 Å². The zero-order valence-corrected chi connectivity index (χ0v) is 22.4. The first-order valence-electron chi connectivity index (χ1n) is 14.4. The van der Waals surface area contributed by atoms with Crippen molar-refractivity contribution in [2.45, 2.75) is 110 Å². The maximum Gasteiger partial charge on any atom is 0.00991 e. The third kappa shape index (κ3) is 3.68. The molecule has 1 N–H and O–H groups in total. The molecular weight excluding hydrogens is 410 g/mol. The Labute approximate surface area is 208 Å². The minimum atomic E-state index is 0.240. The fraction of sp³-hybridized carbons (Fsp3) is 0.697. The monoisotopic (exact) mass is 457 g/mol. The Balaban J connectivity index is 1.23. The van der Waals surface area contributed by atoms with Crippen molar-refractivity contribution >= 4 is 10.8 Å². The van der Waals surface area contributed by atoms with E-state index in [1.54, 1.807) is 5.56 Å². The Kier molecular flexibility index (Phi) is 5.49. The van der Waals surface area contributed by atoms with E-state index in [1.165, 1.54) is 68.6 Å². The molecule has 1 heteroatoms. The van der Waals surface area contributed by atoms with Crippen LogP contribution < -0.4 is 5.32 Å². The first-order chi connectivity index (χ1) is 16.2. The zero-order chi connectivity index (χ0) is 23.7. The van der Waals surface area contributed by atoms with Crippen molar-refractivity contribution in [2.24, 2.45) is 34.5 Å². The van der Waals surface area contributed by atoms with Gasteiger partial charge in [-0.25, -0.2) is 0 Å². The van der Waals surface area contributed by atoms with Crippen LogP contribution in [0.5, 0.6) is 0 Å². The van der Waals surface area contributed by atoms with E-state index in [4.69, 9.17) is 0 Å². The highest BCUT2D eigenvalue weighted by Gasteiger charge is 2.60. The molecule has 0 amide bonds. The summed E-state index contributed by atoms with van der Waals surface area (Å²) in [6.45, 7) is 12.4. The Bertz CT molecular complexity index is 1050. The van der Waals surface area contributed by atoms with Crippen molar-refractivity contribution in [3.05, 3.63) is 48.0 Å². The van der Waals surface area contributed by atoms with Gasteiger partial charge in [0.05, 0.1) is 0 Å². The molecule has 184 valence electrons. The SMILES string of the molecule is CC(C)(C)N[C@H]1CC[C@@]2(C)[C@@H](CC[C@@H]3[C@@H]2CC[C@]2(C)[C@@H](c4ccc5ccccc5c4)CC[C@@H]32)C1. The van der Waals surface area contributed by atoms with E-state index in [0.717, 1.165) is 35.6 Å². The molecule has 0 heterocycles. The smallest absolute Gasteiger partial charge is 0.00991 e. The molecule has 8 atom stereocenters. The number of hydrogen-bond donors (Lipinski definition) is 1. The van der Waals surface area contributed by atoms with Gasteiger partial charge in [0.1, 0.15) is 0 Å².